The maximum Gasteiger partial charge on any atom is 0.410 e. The fourth-order valence-electron chi connectivity index (χ4n) is 7.57. The van der Waals surface area contributed by atoms with Gasteiger partial charge in [-0.2, -0.15) is 0 Å². The minimum Gasteiger partial charge on any atom is -0.445 e. The molecule has 6 aromatic rings. The van der Waals surface area contributed by atoms with Crippen LogP contribution in [0.1, 0.15) is 40.3 Å². The molecule has 0 radical (unpaired) electrons. The summed E-state index contributed by atoms with van der Waals surface area (Å²) in [5.41, 5.74) is 4.75. The average Bonchev–Trinajstić information content (AvgIpc) is 3.80. The van der Waals surface area contributed by atoms with Crippen LogP contribution in [0.5, 0.6) is 0 Å². The monoisotopic (exact) mass is 680 g/mol. The highest BCUT2D eigenvalue weighted by molar-refractivity contribution is 6.06. The number of ether oxygens (including phenoxy) is 1. The second kappa shape index (κ2) is 14.4. The fraction of sp³-hybridized carbons (Fsp3) is 0.310. The largest absolute Gasteiger partial charge is 0.445 e. The highest BCUT2D eigenvalue weighted by Crippen LogP contribution is 2.33. The van der Waals surface area contributed by atoms with Gasteiger partial charge in [0.2, 0.25) is 0 Å². The lowest BCUT2D eigenvalue weighted by atomic mass is 9.93. The normalized spacial score (nSPS) is 15.9. The van der Waals surface area contributed by atoms with E-state index >= 15 is 0 Å². The van der Waals surface area contributed by atoms with Gasteiger partial charge in [0.15, 0.2) is 0 Å². The molecule has 51 heavy (non-hydrogen) atoms. The van der Waals surface area contributed by atoms with Crippen LogP contribution in [0.3, 0.4) is 0 Å². The number of likely N-dealkylation sites (N-methyl/N-ethyl adjacent to an activating group) is 1. The lowest BCUT2D eigenvalue weighted by molar-refractivity contribution is 0.0664. The van der Waals surface area contributed by atoms with Crippen LogP contribution in [-0.2, 0) is 24.3 Å². The van der Waals surface area contributed by atoms with Crippen molar-refractivity contribution < 1.29 is 14.3 Å². The first-order valence-corrected chi connectivity index (χ1v) is 18.0. The predicted molar refractivity (Wildman–Crippen MR) is 201 cm³/mol. The second-order valence-corrected chi connectivity index (χ2v) is 14.1. The number of aromatic amines is 1. The van der Waals surface area contributed by atoms with Crippen molar-refractivity contribution in [3.63, 3.8) is 0 Å². The zero-order valence-electron chi connectivity index (χ0n) is 29.1. The lowest BCUT2D eigenvalue weighted by Gasteiger charge is -2.32. The number of hydrogen-bond donors (Lipinski definition) is 1. The van der Waals surface area contributed by atoms with E-state index in [1.54, 1.807) is 0 Å². The van der Waals surface area contributed by atoms with Gasteiger partial charge in [0.25, 0.3) is 5.91 Å². The third kappa shape index (κ3) is 7.25. The van der Waals surface area contributed by atoms with Crippen molar-refractivity contribution in [2.75, 3.05) is 46.3 Å². The number of amides is 2. The van der Waals surface area contributed by atoms with Crippen molar-refractivity contribution in [3.05, 3.63) is 126 Å². The molecule has 2 saturated heterocycles. The summed E-state index contributed by atoms with van der Waals surface area (Å²) >= 11 is 0. The number of likely N-dealkylation sites (tertiary alicyclic amines) is 1. The third-order valence-corrected chi connectivity index (χ3v) is 10.5. The van der Waals surface area contributed by atoms with Crippen molar-refractivity contribution >= 4 is 33.5 Å². The molecule has 2 aliphatic rings. The molecular formula is C42H44N6O3. The molecule has 0 spiro atoms. The van der Waals surface area contributed by atoms with Gasteiger partial charge < -0.3 is 29.0 Å². The first kappa shape index (κ1) is 32.8. The summed E-state index contributed by atoms with van der Waals surface area (Å²) in [5, 5.41) is 4.62. The summed E-state index contributed by atoms with van der Waals surface area (Å²) in [5.74, 6) is 1.47. The van der Waals surface area contributed by atoms with Gasteiger partial charge in [-0.3, -0.25) is 4.79 Å². The third-order valence-electron chi connectivity index (χ3n) is 10.5. The van der Waals surface area contributed by atoms with Crippen LogP contribution in [-0.4, -0.2) is 87.6 Å². The number of H-pyrrole nitrogens is 1. The molecule has 2 fully saturated rings. The van der Waals surface area contributed by atoms with E-state index in [-0.39, 0.29) is 18.6 Å². The summed E-state index contributed by atoms with van der Waals surface area (Å²) in [6.45, 7) is 5.43. The summed E-state index contributed by atoms with van der Waals surface area (Å²) in [6, 6.07) is 29.0. The molecule has 0 saturated carbocycles. The Hall–Kier alpha value is -5.41. The van der Waals surface area contributed by atoms with Crippen LogP contribution < -0.4 is 0 Å². The Morgan fingerprint density at radius 2 is 1.53 bits per heavy atom. The summed E-state index contributed by atoms with van der Waals surface area (Å²) in [4.78, 5) is 41.2. The Kier molecular flexibility index (Phi) is 9.28. The van der Waals surface area contributed by atoms with Gasteiger partial charge in [-0.25, -0.2) is 9.78 Å². The molecule has 9 heteroatoms. The summed E-state index contributed by atoms with van der Waals surface area (Å²) < 4.78 is 7.79. The number of imidazole rings is 1. The van der Waals surface area contributed by atoms with Gasteiger partial charge in [-0.15, -0.1) is 0 Å². The number of piperidine rings is 1. The van der Waals surface area contributed by atoms with E-state index < -0.39 is 0 Å². The summed E-state index contributed by atoms with van der Waals surface area (Å²) in [6.07, 6.45) is 8.43. The molecule has 4 heterocycles. The molecule has 2 aromatic heterocycles. The quantitative estimate of drug-likeness (QED) is 0.184. The van der Waals surface area contributed by atoms with Crippen LogP contribution in [0, 0.1) is 5.92 Å². The van der Waals surface area contributed by atoms with E-state index in [0.29, 0.717) is 25.6 Å². The molecule has 0 unspecified atom stereocenters. The maximum absolute atomic E-state index is 14.0. The van der Waals surface area contributed by atoms with Crippen molar-refractivity contribution in [1.29, 1.82) is 0 Å². The van der Waals surface area contributed by atoms with Crippen molar-refractivity contribution in [2.45, 2.75) is 32.4 Å². The Labute approximate surface area is 298 Å². The van der Waals surface area contributed by atoms with E-state index in [0.717, 1.165) is 95.4 Å². The van der Waals surface area contributed by atoms with Gasteiger partial charge in [-0.1, -0.05) is 78.9 Å². The Morgan fingerprint density at radius 3 is 2.35 bits per heavy atom. The Morgan fingerprint density at radius 1 is 0.784 bits per heavy atom. The Balaban J connectivity index is 0.903. The van der Waals surface area contributed by atoms with Gasteiger partial charge in [0.1, 0.15) is 12.4 Å². The van der Waals surface area contributed by atoms with E-state index in [9.17, 15) is 9.59 Å². The average molecular weight is 681 g/mol. The Bertz CT molecular complexity index is 2160. The fourth-order valence-corrected chi connectivity index (χ4v) is 7.57. The summed E-state index contributed by atoms with van der Waals surface area (Å²) in [7, 11) is 2.10. The number of carbonyl (C=O) groups excluding carboxylic acids is 2. The van der Waals surface area contributed by atoms with E-state index in [1.165, 1.54) is 5.39 Å². The minimum atomic E-state index is -0.248. The van der Waals surface area contributed by atoms with E-state index in [4.69, 9.17) is 9.72 Å². The number of aromatic nitrogens is 3. The maximum atomic E-state index is 14.0. The first-order chi connectivity index (χ1) is 25.0. The van der Waals surface area contributed by atoms with Crippen LogP contribution in [0.25, 0.3) is 32.7 Å². The predicted octanol–water partition coefficient (Wildman–Crippen LogP) is 7.21. The molecule has 9 nitrogen and oxygen atoms in total. The topological polar surface area (TPSA) is 86.7 Å². The molecule has 0 bridgehead atoms. The number of nitrogens with zero attached hydrogens (tertiary/aromatic N) is 5. The zero-order chi connectivity index (χ0) is 34.7. The molecule has 0 atom stereocenters. The van der Waals surface area contributed by atoms with Crippen molar-refractivity contribution in [1.82, 2.24) is 29.2 Å². The van der Waals surface area contributed by atoms with Gasteiger partial charge >= 0.3 is 6.09 Å². The van der Waals surface area contributed by atoms with E-state index in [2.05, 4.69) is 94.4 Å². The number of nitrogens with one attached hydrogen (secondary N) is 1. The van der Waals surface area contributed by atoms with Crippen LogP contribution in [0.2, 0.25) is 0 Å². The number of hydrogen-bond acceptors (Lipinski definition) is 5. The zero-order valence-corrected chi connectivity index (χ0v) is 29.1. The number of piperazine rings is 1. The SMILES string of the molecule is CN1CCN(C(=O)c2cn(Cc3cnc(CC4CCN(C(=O)OCc5ccc6ccccc6c5)CC4)[nH]3)cc2-c2cccc3ccccc23)CC1. The molecule has 4 aromatic carbocycles. The smallest absolute Gasteiger partial charge is 0.410 e. The number of rotatable bonds is 8. The molecule has 260 valence electrons. The van der Waals surface area contributed by atoms with Gasteiger partial charge in [0, 0.05) is 63.6 Å². The standard InChI is InChI=1S/C42H44N6O3/c1-45-19-21-47(22-20-45)41(49)39-28-46(27-38(39)37-12-6-10-33-8-4-5-11-36(33)37)26-35-25-43-40(44-35)24-30-15-17-48(18-16-30)42(50)51-29-31-13-14-32-7-2-3-9-34(32)23-31/h2-14,23,25,27-28,30H,15-22,24,26,29H2,1H3,(H,43,44). The highest BCUT2D eigenvalue weighted by atomic mass is 16.6. The second-order valence-electron chi connectivity index (χ2n) is 14.1. The van der Waals surface area contributed by atoms with Crippen LogP contribution >= 0.6 is 0 Å². The first-order valence-electron chi connectivity index (χ1n) is 18.0. The van der Waals surface area contributed by atoms with Gasteiger partial charge in [0.05, 0.1) is 24.0 Å². The minimum absolute atomic E-state index is 0.0824. The van der Waals surface area contributed by atoms with Crippen LogP contribution in [0.4, 0.5) is 4.79 Å². The van der Waals surface area contributed by atoms with Gasteiger partial charge in [-0.05, 0) is 64.5 Å². The molecule has 0 aliphatic carbocycles. The van der Waals surface area contributed by atoms with Crippen molar-refractivity contribution in [3.8, 4) is 11.1 Å². The van der Waals surface area contributed by atoms with Crippen molar-refractivity contribution in [2.24, 2.45) is 5.92 Å². The molecule has 8 rings (SSSR count). The molecular weight excluding hydrogens is 637 g/mol. The highest BCUT2D eigenvalue weighted by Gasteiger charge is 2.27. The van der Waals surface area contributed by atoms with E-state index in [1.807, 2.05) is 40.4 Å². The molecule has 2 aliphatic heterocycles. The molecule has 2 amide bonds. The lowest BCUT2D eigenvalue weighted by Crippen LogP contribution is -2.47. The van der Waals surface area contributed by atoms with Crippen LogP contribution in [0.15, 0.2) is 104 Å². The number of carbonyl (C=O) groups is 2. The number of fused-ring (bicyclic) bond motifs is 2. The number of benzene rings is 4. The molecule has 1 N–H and O–H groups in total.